The minimum absolute atomic E-state index is 0.134. The van der Waals surface area contributed by atoms with Crippen molar-refractivity contribution in [3.63, 3.8) is 0 Å². The maximum atomic E-state index is 12.1. The van der Waals surface area contributed by atoms with Gasteiger partial charge in [-0.2, -0.15) is 5.26 Å². The first-order valence-electron chi connectivity index (χ1n) is 8.34. The molecule has 6 nitrogen and oxygen atoms in total. The van der Waals surface area contributed by atoms with Crippen LogP contribution in [-0.4, -0.2) is 38.0 Å². The molecule has 1 saturated heterocycles. The van der Waals surface area contributed by atoms with Gasteiger partial charge in [0.15, 0.2) is 0 Å². The van der Waals surface area contributed by atoms with E-state index >= 15 is 0 Å². The molecule has 134 valence electrons. The molecule has 0 N–H and O–H groups in total. The Hall–Kier alpha value is -2.04. The highest BCUT2D eigenvalue weighted by atomic mass is 16.6. The Bertz CT molecular complexity index is 620. The monoisotopic (exact) mass is 345 g/mol. The standard InChI is InChI=1S/C18H24BNO5/c1-18(2,3)23-17(21)12-16-11-15(9-10-20)24-19(25-16)13-5-7-14(22-4)8-6-13/h5-8,15-16H,9,11-12H2,1-4H3/t15-,16+/m0/s1. The van der Waals surface area contributed by atoms with Crippen LogP contribution >= 0.6 is 0 Å². The second kappa shape index (κ2) is 8.37. The quantitative estimate of drug-likeness (QED) is 0.601. The van der Waals surface area contributed by atoms with E-state index in [0.29, 0.717) is 6.42 Å². The molecule has 25 heavy (non-hydrogen) atoms. The molecular weight excluding hydrogens is 321 g/mol. The van der Waals surface area contributed by atoms with Gasteiger partial charge in [-0.25, -0.2) is 0 Å². The molecule has 0 radical (unpaired) electrons. The average Bonchev–Trinajstić information content (AvgIpc) is 2.53. The van der Waals surface area contributed by atoms with Gasteiger partial charge in [0.25, 0.3) is 0 Å². The van der Waals surface area contributed by atoms with Crippen molar-refractivity contribution in [3.05, 3.63) is 24.3 Å². The molecule has 7 heteroatoms. The number of rotatable bonds is 5. The van der Waals surface area contributed by atoms with Crippen LogP contribution in [0.5, 0.6) is 5.75 Å². The van der Waals surface area contributed by atoms with Crippen molar-refractivity contribution >= 4 is 18.6 Å². The van der Waals surface area contributed by atoms with Gasteiger partial charge in [-0.15, -0.1) is 0 Å². The maximum Gasteiger partial charge on any atom is 0.494 e. The summed E-state index contributed by atoms with van der Waals surface area (Å²) in [5.41, 5.74) is 0.279. The summed E-state index contributed by atoms with van der Waals surface area (Å²) in [5, 5.41) is 8.99. The van der Waals surface area contributed by atoms with Crippen LogP contribution in [0.15, 0.2) is 24.3 Å². The lowest BCUT2D eigenvalue weighted by atomic mass is 9.76. The third-order valence-corrected chi connectivity index (χ3v) is 3.68. The largest absolute Gasteiger partial charge is 0.497 e. The third kappa shape index (κ3) is 6.07. The zero-order chi connectivity index (χ0) is 18.4. The molecule has 0 aliphatic carbocycles. The van der Waals surface area contributed by atoms with Crippen molar-refractivity contribution in [2.45, 2.75) is 57.8 Å². The van der Waals surface area contributed by atoms with E-state index in [-0.39, 0.29) is 31.0 Å². The molecule has 0 spiro atoms. The Morgan fingerprint density at radius 3 is 2.48 bits per heavy atom. The topological polar surface area (TPSA) is 77.8 Å². The van der Waals surface area contributed by atoms with Crippen molar-refractivity contribution in [2.24, 2.45) is 0 Å². The number of hydrogen-bond acceptors (Lipinski definition) is 6. The summed E-state index contributed by atoms with van der Waals surface area (Å²) in [7, 11) is 0.980. The van der Waals surface area contributed by atoms with Crippen molar-refractivity contribution < 1.29 is 23.6 Å². The fourth-order valence-electron chi connectivity index (χ4n) is 2.64. The average molecular weight is 345 g/mol. The van der Waals surface area contributed by atoms with E-state index in [9.17, 15) is 4.79 Å². The maximum absolute atomic E-state index is 12.1. The van der Waals surface area contributed by atoms with Crippen LogP contribution in [0.2, 0.25) is 0 Å². The fourth-order valence-corrected chi connectivity index (χ4v) is 2.64. The van der Waals surface area contributed by atoms with Crippen LogP contribution in [0.1, 0.15) is 40.0 Å². The van der Waals surface area contributed by atoms with E-state index in [1.165, 1.54) is 0 Å². The highest BCUT2D eigenvalue weighted by molar-refractivity contribution is 6.61. The van der Waals surface area contributed by atoms with Gasteiger partial charge in [0.2, 0.25) is 0 Å². The summed E-state index contributed by atoms with van der Waals surface area (Å²) < 4.78 is 22.3. The lowest BCUT2D eigenvalue weighted by Gasteiger charge is -2.33. The summed E-state index contributed by atoms with van der Waals surface area (Å²) in [6.45, 7) is 5.48. The molecule has 1 aliphatic heterocycles. The van der Waals surface area contributed by atoms with E-state index < -0.39 is 12.7 Å². The summed E-state index contributed by atoms with van der Waals surface area (Å²) >= 11 is 0. The summed E-state index contributed by atoms with van der Waals surface area (Å²) in [5.74, 6) is 0.419. The minimum atomic E-state index is -0.620. The predicted octanol–water partition coefficient (Wildman–Crippen LogP) is 2.21. The van der Waals surface area contributed by atoms with E-state index in [4.69, 9.17) is 24.0 Å². The predicted molar refractivity (Wildman–Crippen MR) is 93.4 cm³/mol. The number of carbonyl (C=O) groups excluding carboxylic acids is 1. The SMILES string of the molecule is COc1ccc(B2O[C@@H](CC#N)C[C@H](CC(=O)OC(C)(C)C)O2)cc1. The van der Waals surface area contributed by atoms with Crippen LogP contribution in [0, 0.1) is 11.3 Å². The molecule has 0 amide bonds. The second-order valence-electron chi connectivity index (χ2n) is 7.01. The molecular formula is C18H24BNO5. The number of nitriles is 1. The van der Waals surface area contributed by atoms with E-state index in [1.54, 1.807) is 7.11 Å². The first-order valence-corrected chi connectivity index (χ1v) is 8.34. The number of hydrogen-bond donors (Lipinski definition) is 0. The van der Waals surface area contributed by atoms with Gasteiger partial charge < -0.3 is 18.8 Å². The van der Waals surface area contributed by atoms with Gasteiger partial charge in [0.1, 0.15) is 11.4 Å². The van der Waals surface area contributed by atoms with Crippen molar-refractivity contribution in [3.8, 4) is 11.8 Å². The minimum Gasteiger partial charge on any atom is -0.497 e. The summed E-state index contributed by atoms with van der Waals surface area (Å²) in [6, 6.07) is 9.46. The number of benzene rings is 1. The molecule has 1 heterocycles. The van der Waals surface area contributed by atoms with Crippen LogP contribution in [-0.2, 0) is 18.8 Å². The molecule has 1 fully saturated rings. The lowest BCUT2D eigenvalue weighted by Crippen LogP contribution is -2.49. The summed E-state index contributed by atoms with van der Waals surface area (Å²) in [6.07, 6.45) is 0.238. The first kappa shape index (κ1) is 19.3. The van der Waals surface area contributed by atoms with Gasteiger partial charge in [0, 0.05) is 0 Å². The molecule has 1 aliphatic rings. The van der Waals surface area contributed by atoms with Crippen LogP contribution < -0.4 is 10.2 Å². The van der Waals surface area contributed by atoms with Gasteiger partial charge in [-0.3, -0.25) is 4.79 Å². The Balaban J connectivity index is 2.07. The number of esters is 1. The van der Waals surface area contributed by atoms with Gasteiger partial charge in [0.05, 0.1) is 38.2 Å². The Morgan fingerprint density at radius 2 is 1.92 bits per heavy atom. The lowest BCUT2D eigenvalue weighted by molar-refractivity contribution is -0.157. The molecule has 1 aromatic carbocycles. The second-order valence-corrected chi connectivity index (χ2v) is 7.01. The number of ether oxygens (including phenoxy) is 2. The van der Waals surface area contributed by atoms with Crippen LogP contribution in [0.3, 0.4) is 0 Å². The highest BCUT2D eigenvalue weighted by Crippen LogP contribution is 2.23. The Morgan fingerprint density at radius 1 is 1.28 bits per heavy atom. The van der Waals surface area contributed by atoms with Crippen LogP contribution in [0.4, 0.5) is 0 Å². The van der Waals surface area contributed by atoms with Gasteiger partial charge in [-0.1, -0.05) is 12.1 Å². The Labute approximate surface area is 149 Å². The van der Waals surface area contributed by atoms with Crippen molar-refractivity contribution in [2.75, 3.05) is 7.11 Å². The van der Waals surface area contributed by atoms with Gasteiger partial charge in [-0.05, 0) is 44.8 Å². The number of nitrogens with zero attached hydrogens (tertiary/aromatic N) is 1. The third-order valence-electron chi connectivity index (χ3n) is 3.68. The first-order chi connectivity index (χ1) is 11.8. The fraction of sp³-hybridized carbons (Fsp3) is 0.556. The van der Waals surface area contributed by atoms with Crippen molar-refractivity contribution in [1.82, 2.24) is 0 Å². The molecule has 2 atom stereocenters. The van der Waals surface area contributed by atoms with Gasteiger partial charge >= 0.3 is 13.1 Å². The van der Waals surface area contributed by atoms with Crippen molar-refractivity contribution in [1.29, 1.82) is 5.26 Å². The number of carbonyl (C=O) groups is 1. The normalized spacial score (nSPS) is 20.7. The molecule has 0 saturated carbocycles. The molecule has 0 aromatic heterocycles. The zero-order valence-electron chi connectivity index (χ0n) is 15.2. The summed E-state index contributed by atoms with van der Waals surface area (Å²) in [4.78, 5) is 12.1. The van der Waals surface area contributed by atoms with E-state index in [0.717, 1.165) is 11.2 Å². The molecule has 0 bridgehead atoms. The molecule has 2 rings (SSSR count). The Kier molecular flexibility index (Phi) is 6.46. The highest BCUT2D eigenvalue weighted by Gasteiger charge is 2.37. The number of methoxy groups -OCH3 is 1. The van der Waals surface area contributed by atoms with E-state index in [1.807, 2.05) is 45.0 Å². The van der Waals surface area contributed by atoms with Crippen LogP contribution in [0.25, 0.3) is 0 Å². The molecule has 0 unspecified atom stereocenters. The molecule has 1 aromatic rings. The smallest absolute Gasteiger partial charge is 0.494 e. The zero-order valence-corrected chi connectivity index (χ0v) is 15.2. The van der Waals surface area contributed by atoms with E-state index in [2.05, 4.69) is 6.07 Å².